The molecule has 2 aromatic heterocycles. The lowest BCUT2D eigenvalue weighted by atomic mass is 10.1. The molecule has 10 heteroatoms. The van der Waals surface area contributed by atoms with E-state index in [9.17, 15) is 14.4 Å². The normalized spacial score (nSPS) is 10.5. The van der Waals surface area contributed by atoms with E-state index in [4.69, 9.17) is 9.15 Å². The standard InChI is InChI=1S/C18H15N3O5S2/c1-10-3-5-12(6-4-10)16(24)26-15-8-25-13(7-14(15)23)9-27-18-21-20-17(28-18)19-11(2)22/h3-8H,9H2,1-2H3,(H,19,20,22). The molecular formula is C18H15N3O5S2. The molecule has 0 bridgehead atoms. The number of rotatable bonds is 6. The number of carbonyl (C=O) groups excluding carboxylic acids is 2. The number of nitrogens with zero attached hydrogens (tertiary/aromatic N) is 2. The van der Waals surface area contributed by atoms with Crippen molar-refractivity contribution in [1.29, 1.82) is 0 Å². The Labute approximate surface area is 167 Å². The third-order valence-electron chi connectivity index (χ3n) is 3.37. The molecule has 0 spiro atoms. The Balaban J connectivity index is 1.61. The van der Waals surface area contributed by atoms with Crippen LogP contribution in [-0.2, 0) is 10.5 Å². The van der Waals surface area contributed by atoms with Crippen LogP contribution in [0.4, 0.5) is 5.13 Å². The highest BCUT2D eigenvalue weighted by atomic mass is 32.2. The maximum atomic E-state index is 12.2. The van der Waals surface area contributed by atoms with E-state index in [2.05, 4.69) is 15.5 Å². The van der Waals surface area contributed by atoms with Gasteiger partial charge in [0.2, 0.25) is 22.2 Å². The van der Waals surface area contributed by atoms with E-state index in [1.165, 1.54) is 36.1 Å². The number of hydrogen-bond acceptors (Lipinski definition) is 9. The van der Waals surface area contributed by atoms with E-state index in [1.54, 1.807) is 24.3 Å². The molecule has 0 radical (unpaired) electrons. The summed E-state index contributed by atoms with van der Waals surface area (Å²) in [6.07, 6.45) is 1.12. The van der Waals surface area contributed by atoms with Crippen molar-refractivity contribution in [3.63, 3.8) is 0 Å². The molecular weight excluding hydrogens is 402 g/mol. The van der Waals surface area contributed by atoms with E-state index in [-0.39, 0.29) is 11.7 Å². The largest absolute Gasteiger partial charge is 0.464 e. The number of benzene rings is 1. The Morgan fingerprint density at radius 3 is 2.68 bits per heavy atom. The van der Waals surface area contributed by atoms with Crippen LogP contribution in [0.15, 0.2) is 50.1 Å². The Morgan fingerprint density at radius 2 is 2.00 bits per heavy atom. The van der Waals surface area contributed by atoms with E-state index in [0.717, 1.165) is 11.8 Å². The van der Waals surface area contributed by atoms with Crippen molar-refractivity contribution >= 4 is 40.1 Å². The molecule has 0 aliphatic carbocycles. The molecule has 0 saturated carbocycles. The molecule has 0 unspecified atom stereocenters. The fourth-order valence-electron chi connectivity index (χ4n) is 2.04. The van der Waals surface area contributed by atoms with Crippen molar-refractivity contribution in [2.75, 3.05) is 5.32 Å². The second-order valence-electron chi connectivity index (χ2n) is 5.67. The molecule has 2 heterocycles. The van der Waals surface area contributed by atoms with Crippen LogP contribution in [0.1, 0.15) is 28.6 Å². The van der Waals surface area contributed by atoms with Gasteiger partial charge in [-0.1, -0.05) is 40.8 Å². The van der Waals surface area contributed by atoms with E-state index in [0.29, 0.717) is 26.5 Å². The molecule has 1 N–H and O–H groups in total. The molecule has 0 aliphatic rings. The molecule has 0 atom stereocenters. The van der Waals surface area contributed by atoms with Gasteiger partial charge in [0, 0.05) is 13.0 Å². The topological polar surface area (TPSA) is 111 Å². The Kier molecular flexibility index (Phi) is 6.22. The molecule has 0 aliphatic heterocycles. The number of carbonyl (C=O) groups is 2. The number of amides is 1. The van der Waals surface area contributed by atoms with Crippen LogP contribution in [0, 0.1) is 6.92 Å². The summed E-state index contributed by atoms with van der Waals surface area (Å²) in [6.45, 7) is 3.29. The van der Waals surface area contributed by atoms with Crippen LogP contribution in [0.2, 0.25) is 0 Å². The van der Waals surface area contributed by atoms with Crippen molar-refractivity contribution in [2.24, 2.45) is 0 Å². The highest BCUT2D eigenvalue weighted by molar-refractivity contribution is 8.00. The third-order valence-corrected chi connectivity index (χ3v) is 5.36. The Hall–Kier alpha value is -2.98. The molecule has 1 amide bonds. The van der Waals surface area contributed by atoms with E-state index in [1.807, 2.05) is 6.92 Å². The van der Waals surface area contributed by atoms with Crippen LogP contribution in [0.3, 0.4) is 0 Å². The van der Waals surface area contributed by atoms with Crippen molar-refractivity contribution < 1.29 is 18.7 Å². The number of nitrogens with one attached hydrogen (secondary N) is 1. The number of hydrogen-bond donors (Lipinski definition) is 1. The third kappa shape index (κ3) is 5.27. The van der Waals surface area contributed by atoms with Gasteiger partial charge < -0.3 is 14.5 Å². The summed E-state index contributed by atoms with van der Waals surface area (Å²) >= 11 is 2.52. The van der Waals surface area contributed by atoms with Crippen molar-refractivity contribution in [2.45, 2.75) is 23.9 Å². The first-order valence-corrected chi connectivity index (χ1v) is 9.85. The predicted molar refractivity (Wildman–Crippen MR) is 105 cm³/mol. The Bertz CT molecular complexity index is 1060. The summed E-state index contributed by atoms with van der Waals surface area (Å²) < 4.78 is 11.1. The van der Waals surface area contributed by atoms with Crippen LogP contribution in [-0.4, -0.2) is 22.1 Å². The maximum Gasteiger partial charge on any atom is 0.343 e. The van der Waals surface area contributed by atoms with Gasteiger partial charge in [0.05, 0.1) is 11.3 Å². The molecule has 0 fully saturated rings. The second-order valence-corrected chi connectivity index (χ2v) is 7.87. The van der Waals surface area contributed by atoms with Gasteiger partial charge in [0.1, 0.15) is 12.0 Å². The molecule has 144 valence electrons. The van der Waals surface area contributed by atoms with E-state index < -0.39 is 11.4 Å². The fraction of sp³-hybridized carbons (Fsp3) is 0.167. The van der Waals surface area contributed by atoms with Gasteiger partial charge in [-0.25, -0.2) is 4.79 Å². The zero-order valence-corrected chi connectivity index (χ0v) is 16.6. The first-order valence-electron chi connectivity index (χ1n) is 8.05. The number of esters is 1. The lowest BCUT2D eigenvalue weighted by Gasteiger charge is -2.04. The summed E-state index contributed by atoms with van der Waals surface area (Å²) in [4.78, 5) is 35.3. The van der Waals surface area contributed by atoms with Gasteiger partial charge >= 0.3 is 5.97 Å². The summed E-state index contributed by atoms with van der Waals surface area (Å²) in [5, 5.41) is 10.7. The summed E-state index contributed by atoms with van der Waals surface area (Å²) in [5.41, 5.74) is 0.895. The predicted octanol–water partition coefficient (Wildman–Crippen LogP) is 3.27. The molecule has 0 saturated heterocycles. The van der Waals surface area contributed by atoms with Crippen LogP contribution in [0.5, 0.6) is 5.75 Å². The number of ether oxygens (including phenoxy) is 1. The lowest BCUT2D eigenvalue weighted by molar-refractivity contribution is -0.114. The molecule has 3 aromatic rings. The highest BCUT2D eigenvalue weighted by Crippen LogP contribution is 2.28. The zero-order valence-electron chi connectivity index (χ0n) is 14.9. The minimum Gasteiger partial charge on any atom is -0.464 e. The minimum atomic E-state index is -0.631. The van der Waals surface area contributed by atoms with Gasteiger partial charge in [0.25, 0.3) is 0 Å². The quantitative estimate of drug-likeness (QED) is 0.369. The van der Waals surface area contributed by atoms with Crippen molar-refractivity contribution in [3.05, 3.63) is 63.7 Å². The van der Waals surface area contributed by atoms with Gasteiger partial charge in [-0.05, 0) is 19.1 Å². The summed E-state index contributed by atoms with van der Waals surface area (Å²) in [5.74, 6) is -0.316. The Morgan fingerprint density at radius 1 is 1.25 bits per heavy atom. The number of thioether (sulfide) groups is 1. The van der Waals surface area contributed by atoms with Crippen LogP contribution >= 0.6 is 23.1 Å². The first-order chi connectivity index (χ1) is 13.4. The number of aromatic nitrogens is 2. The molecule has 1 aromatic carbocycles. The van der Waals surface area contributed by atoms with E-state index >= 15 is 0 Å². The van der Waals surface area contributed by atoms with Crippen LogP contribution in [0.25, 0.3) is 0 Å². The van der Waals surface area contributed by atoms with Crippen molar-refractivity contribution in [3.8, 4) is 5.75 Å². The highest BCUT2D eigenvalue weighted by Gasteiger charge is 2.13. The van der Waals surface area contributed by atoms with Gasteiger partial charge in [-0.2, -0.15) is 0 Å². The van der Waals surface area contributed by atoms with Crippen molar-refractivity contribution in [1.82, 2.24) is 10.2 Å². The molecule has 8 nitrogen and oxygen atoms in total. The average Bonchev–Trinajstić information content (AvgIpc) is 3.09. The smallest absolute Gasteiger partial charge is 0.343 e. The lowest BCUT2D eigenvalue weighted by Crippen LogP contribution is -2.14. The monoisotopic (exact) mass is 417 g/mol. The van der Waals surface area contributed by atoms with Gasteiger partial charge in [-0.15, -0.1) is 10.2 Å². The van der Waals surface area contributed by atoms with Gasteiger partial charge in [0.15, 0.2) is 4.34 Å². The first kappa shape index (κ1) is 19.8. The number of anilines is 1. The number of aryl methyl sites for hydroxylation is 1. The summed E-state index contributed by atoms with van der Waals surface area (Å²) in [6, 6.07) is 8.08. The SMILES string of the molecule is CC(=O)Nc1nnc(SCc2cc(=O)c(OC(=O)c3ccc(C)cc3)co2)s1. The summed E-state index contributed by atoms with van der Waals surface area (Å²) in [7, 11) is 0. The minimum absolute atomic E-state index is 0.178. The second kappa shape index (κ2) is 8.81. The zero-order chi connectivity index (χ0) is 20.1. The maximum absolute atomic E-state index is 12.2. The van der Waals surface area contributed by atoms with Crippen LogP contribution < -0.4 is 15.5 Å². The molecule has 28 heavy (non-hydrogen) atoms. The molecule has 3 rings (SSSR count). The van der Waals surface area contributed by atoms with Gasteiger partial charge in [-0.3, -0.25) is 9.59 Å². The average molecular weight is 417 g/mol. The fourth-order valence-corrected chi connectivity index (χ4v) is 3.73.